The summed E-state index contributed by atoms with van der Waals surface area (Å²) in [5, 5.41) is 5.14. The molecule has 1 aliphatic heterocycles. The molecule has 4 N–H and O–H groups in total. The van der Waals surface area contributed by atoms with Gasteiger partial charge in [0.1, 0.15) is 0 Å². The van der Waals surface area contributed by atoms with E-state index >= 15 is 0 Å². The number of carbonyl (C=O) groups is 3. The average Bonchev–Trinajstić information content (AvgIpc) is 2.42. The fourth-order valence-electron chi connectivity index (χ4n) is 2.01. The summed E-state index contributed by atoms with van der Waals surface area (Å²) in [5.41, 5.74) is 5.25. The molecule has 0 aromatic carbocycles. The summed E-state index contributed by atoms with van der Waals surface area (Å²) in [7, 11) is 0. The Morgan fingerprint density at radius 2 is 1.85 bits per heavy atom. The maximum atomic E-state index is 11.8. The van der Waals surface area contributed by atoms with Crippen LogP contribution >= 0.6 is 12.2 Å². The van der Waals surface area contributed by atoms with Gasteiger partial charge in [0.2, 0.25) is 5.91 Å². The first-order chi connectivity index (χ1) is 9.40. The number of hydrogen-bond acceptors (Lipinski definition) is 4. The zero-order valence-corrected chi connectivity index (χ0v) is 12.3. The van der Waals surface area contributed by atoms with E-state index in [1.165, 1.54) is 11.8 Å². The Labute approximate surface area is 123 Å². The molecule has 0 unspecified atom stereocenters. The van der Waals surface area contributed by atoms with Crippen molar-refractivity contribution in [2.24, 2.45) is 11.7 Å². The molecular weight excluding hydrogens is 280 g/mol. The van der Waals surface area contributed by atoms with E-state index in [9.17, 15) is 14.4 Å². The van der Waals surface area contributed by atoms with E-state index in [2.05, 4.69) is 22.9 Å². The maximum absolute atomic E-state index is 11.8. The minimum Gasteiger partial charge on any atom is -0.392 e. The van der Waals surface area contributed by atoms with E-state index in [1.54, 1.807) is 0 Å². The molecule has 0 aliphatic carbocycles. The second-order valence-corrected chi connectivity index (χ2v) is 5.35. The summed E-state index contributed by atoms with van der Waals surface area (Å²) in [4.78, 5) is 35.9. The second kappa shape index (κ2) is 7.78. The lowest BCUT2D eigenvalue weighted by Gasteiger charge is -2.31. The fraction of sp³-hybridized carbons (Fsp3) is 0.667. The first-order valence-electron chi connectivity index (χ1n) is 6.50. The van der Waals surface area contributed by atoms with Crippen molar-refractivity contribution in [3.05, 3.63) is 0 Å². The number of likely N-dealkylation sites (tertiary alicyclic amines) is 1. The Morgan fingerprint density at radius 1 is 1.25 bits per heavy atom. The molecule has 0 atom stereocenters. The van der Waals surface area contributed by atoms with Gasteiger partial charge in [0.05, 0.1) is 11.5 Å². The normalized spacial score (nSPS) is 15.6. The van der Waals surface area contributed by atoms with Crippen LogP contribution in [-0.2, 0) is 14.4 Å². The zero-order valence-electron chi connectivity index (χ0n) is 11.5. The van der Waals surface area contributed by atoms with Gasteiger partial charge in [-0.1, -0.05) is 12.2 Å². The number of carbonyl (C=O) groups excluding carboxylic acids is 3. The van der Waals surface area contributed by atoms with E-state index in [4.69, 9.17) is 5.73 Å². The van der Waals surface area contributed by atoms with Crippen molar-refractivity contribution in [2.45, 2.75) is 19.8 Å². The van der Waals surface area contributed by atoms with Crippen LogP contribution in [0.1, 0.15) is 19.8 Å². The lowest BCUT2D eigenvalue weighted by Crippen LogP contribution is -2.48. The van der Waals surface area contributed by atoms with Crippen molar-refractivity contribution < 1.29 is 14.4 Å². The Kier molecular flexibility index (Phi) is 6.37. The van der Waals surface area contributed by atoms with Crippen LogP contribution in [0.2, 0.25) is 0 Å². The fourth-order valence-corrected chi connectivity index (χ4v) is 2.09. The van der Waals surface area contributed by atoms with E-state index in [0.29, 0.717) is 25.6 Å². The van der Waals surface area contributed by atoms with Crippen LogP contribution in [-0.4, -0.2) is 53.8 Å². The second-order valence-electron chi connectivity index (χ2n) is 4.82. The predicted molar refractivity (Wildman–Crippen MR) is 77.8 cm³/mol. The molecular formula is C12H20N4O3S. The van der Waals surface area contributed by atoms with Crippen molar-refractivity contribution in [3.8, 4) is 0 Å². The Morgan fingerprint density at radius 3 is 2.35 bits per heavy atom. The van der Waals surface area contributed by atoms with Crippen molar-refractivity contribution in [1.82, 2.24) is 15.5 Å². The van der Waals surface area contributed by atoms with Gasteiger partial charge in [0.15, 0.2) is 0 Å². The molecule has 0 aromatic heterocycles. The summed E-state index contributed by atoms with van der Waals surface area (Å²) in [6, 6.07) is 0. The molecule has 0 spiro atoms. The minimum absolute atomic E-state index is 0.0267. The van der Waals surface area contributed by atoms with Crippen LogP contribution < -0.4 is 16.4 Å². The largest absolute Gasteiger partial charge is 0.392 e. The number of piperidine rings is 1. The molecule has 1 rings (SSSR count). The minimum atomic E-state index is -0.682. The Balaban J connectivity index is 2.33. The molecule has 1 fully saturated rings. The van der Waals surface area contributed by atoms with Gasteiger partial charge in [-0.2, -0.15) is 0 Å². The van der Waals surface area contributed by atoms with Crippen LogP contribution in [0.25, 0.3) is 0 Å². The first kappa shape index (κ1) is 16.4. The van der Waals surface area contributed by atoms with Gasteiger partial charge in [-0.15, -0.1) is 0 Å². The van der Waals surface area contributed by atoms with Crippen molar-refractivity contribution in [1.29, 1.82) is 0 Å². The zero-order chi connectivity index (χ0) is 15.1. The summed E-state index contributed by atoms with van der Waals surface area (Å²) in [6.45, 7) is 3.15. The standard InChI is InChI=1S/C12H20N4O3S/c1-8(17)14-6-9-2-4-16(5-3-9)12(19)11(18)15-7-10(13)20/h9H,2-7H2,1H3,(H2,13,20)(H,14,17)(H,15,18). The Hall–Kier alpha value is -1.70. The topological polar surface area (TPSA) is 105 Å². The molecule has 0 bridgehead atoms. The van der Waals surface area contributed by atoms with Crippen molar-refractivity contribution >= 4 is 34.9 Å². The van der Waals surface area contributed by atoms with Crippen molar-refractivity contribution in [2.75, 3.05) is 26.2 Å². The smallest absolute Gasteiger partial charge is 0.311 e. The van der Waals surface area contributed by atoms with Gasteiger partial charge in [0.25, 0.3) is 0 Å². The number of hydrogen-bond donors (Lipinski definition) is 3. The van der Waals surface area contributed by atoms with Gasteiger partial charge in [-0.25, -0.2) is 0 Å². The number of amides is 3. The molecule has 112 valence electrons. The summed E-state index contributed by atoms with van der Waals surface area (Å²) < 4.78 is 0. The maximum Gasteiger partial charge on any atom is 0.311 e. The lowest BCUT2D eigenvalue weighted by molar-refractivity contribution is -0.146. The molecule has 3 amide bonds. The molecule has 1 saturated heterocycles. The average molecular weight is 300 g/mol. The third kappa shape index (κ3) is 5.52. The van der Waals surface area contributed by atoms with Crippen LogP contribution in [0, 0.1) is 5.92 Å². The molecule has 0 radical (unpaired) electrons. The monoisotopic (exact) mass is 300 g/mol. The Bertz CT molecular complexity index is 406. The third-order valence-electron chi connectivity index (χ3n) is 3.16. The number of nitrogens with one attached hydrogen (secondary N) is 2. The number of nitrogens with two attached hydrogens (primary N) is 1. The first-order valence-corrected chi connectivity index (χ1v) is 6.90. The summed E-state index contributed by atoms with van der Waals surface area (Å²) in [6.07, 6.45) is 1.54. The third-order valence-corrected chi connectivity index (χ3v) is 3.30. The SMILES string of the molecule is CC(=O)NCC1CCN(C(=O)C(=O)NCC(N)=S)CC1. The molecule has 8 heteroatoms. The summed E-state index contributed by atoms with van der Waals surface area (Å²) in [5.74, 6) is -0.944. The summed E-state index contributed by atoms with van der Waals surface area (Å²) >= 11 is 4.63. The molecule has 1 heterocycles. The quantitative estimate of drug-likeness (QED) is 0.445. The van der Waals surface area contributed by atoms with E-state index < -0.39 is 11.8 Å². The predicted octanol–water partition coefficient (Wildman–Crippen LogP) is -1.24. The highest BCUT2D eigenvalue weighted by molar-refractivity contribution is 7.80. The van der Waals surface area contributed by atoms with Gasteiger partial charge in [-0.05, 0) is 18.8 Å². The number of nitrogens with zero attached hydrogens (tertiary/aromatic N) is 1. The van der Waals surface area contributed by atoms with E-state index in [1.807, 2.05) is 0 Å². The molecule has 1 aliphatic rings. The highest BCUT2D eigenvalue weighted by atomic mass is 32.1. The van der Waals surface area contributed by atoms with E-state index in [-0.39, 0.29) is 17.4 Å². The highest BCUT2D eigenvalue weighted by Crippen LogP contribution is 2.16. The molecule has 20 heavy (non-hydrogen) atoms. The lowest BCUT2D eigenvalue weighted by atomic mass is 9.96. The molecule has 0 saturated carbocycles. The molecule has 7 nitrogen and oxygen atoms in total. The highest BCUT2D eigenvalue weighted by Gasteiger charge is 2.26. The molecule has 0 aromatic rings. The van der Waals surface area contributed by atoms with E-state index in [0.717, 1.165) is 12.8 Å². The van der Waals surface area contributed by atoms with Gasteiger partial charge in [0, 0.05) is 26.6 Å². The van der Waals surface area contributed by atoms with Crippen molar-refractivity contribution in [3.63, 3.8) is 0 Å². The number of thiocarbonyl (C=S) groups is 1. The van der Waals surface area contributed by atoms with Gasteiger partial charge >= 0.3 is 11.8 Å². The van der Waals surface area contributed by atoms with Crippen LogP contribution in [0.5, 0.6) is 0 Å². The number of rotatable bonds is 4. The van der Waals surface area contributed by atoms with Crippen LogP contribution in [0.4, 0.5) is 0 Å². The van der Waals surface area contributed by atoms with Crippen LogP contribution in [0.3, 0.4) is 0 Å². The van der Waals surface area contributed by atoms with Gasteiger partial charge in [-0.3, -0.25) is 14.4 Å². The van der Waals surface area contributed by atoms with Gasteiger partial charge < -0.3 is 21.3 Å². The van der Waals surface area contributed by atoms with Crippen LogP contribution in [0.15, 0.2) is 0 Å².